The number of piperidine rings is 1. The molecule has 0 bridgehead atoms. The molecule has 0 unspecified atom stereocenters. The van der Waals surface area contributed by atoms with Crippen molar-refractivity contribution in [2.75, 3.05) is 18.0 Å². The van der Waals surface area contributed by atoms with Gasteiger partial charge in [0.25, 0.3) is 5.89 Å². The molecule has 0 radical (unpaired) electrons. The van der Waals surface area contributed by atoms with Gasteiger partial charge in [-0.05, 0) is 25.1 Å². The van der Waals surface area contributed by atoms with Crippen molar-refractivity contribution in [1.29, 1.82) is 0 Å². The minimum Gasteiger partial charge on any atom is -0.355 e. The highest BCUT2D eigenvalue weighted by Gasteiger charge is 2.24. The standard InChI is InChI=1S/C17H14ClFN4O2/c1-9-20-17(25-22-9)13-7-10-6-11(18)8-14(19)15(10)21-16(13)23-4-2-12(24)3-5-23/h6-8H,2-5H2,1H3. The second kappa shape index (κ2) is 6.07. The summed E-state index contributed by atoms with van der Waals surface area (Å²) in [7, 11) is 0. The smallest absolute Gasteiger partial charge is 0.261 e. The van der Waals surface area contributed by atoms with Crippen LogP contribution in [-0.4, -0.2) is 34.0 Å². The molecule has 3 aromatic rings. The Morgan fingerprint density at radius 2 is 1.96 bits per heavy atom. The van der Waals surface area contributed by atoms with Crippen LogP contribution in [0, 0.1) is 12.7 Å². The first kappa shape index (κ1) is 16.0. The number of rotatable bonds is 2. The van der Waals surface area contributed by atoms with E-state index in [1.54, 1.807) is 19.1 Å². The molecule has 6 nitrogen and oxygen atoms in total. The van der Waals surface area contributed by atoms with Crippen LogP contribution in [0.3, 0.4) is 0 Å². The summed E-state index contributed by atoms with van der Waals surface area (Å²) in [5.74, 6) is 1.05. The normalized spacial score (nSPS) is 15.2. The fourth-order valence-electron chi connectivity index (χ4n) is 2.97. The Kier molecular flexibility index (Phi) is 3.88. The van der Waals surface area contributed by atoms with E-state index in [2.05, 4.69) is 15.1 Å². The topological polar surface area (TPSA) is 72.1 Å². The highest BCUT2D eigenvalue weighted by molar-refractivity contribution is 6.31. The number of benzene rings is 1. The van der Waals surface area contributed by atoms with Crippen molar-refractivity contribution in [1.82, 2.24) is 15.1 Å². The van der Waals surface area contributed by atoms with Gasteiger partial charge in [-0.3, -0.25) is 4.79 Å². The van der Waals surface area contributed by atoms with Crippen molar-refractivity contribution in [2.24, 2.45) is 0 Å². The highest BCUT2D eigenvalue weighted by atomic mass is 35.5. The Morgan fingerprint density at radius 3 is 2.64 bits per heavy atom. The number of aryl methyl sites for hydroxylation is 1. The second-order valence-corrected chi connectivity index (χ2v) is 6.43. The van der Waals surface area contributed by atoms with Crippen molar-refractivity contribution < 1.29 is 13.7 Å². The Morgan fingerprint density at radius 1 is 1.20 bits per heavy atom. The van der Waals surface area contributed by atoms with Crippen LogP contribution < -0.4 is 4.90 Å². The molecule has 3 heterocycles. The maximum atomic E-state index is 14.3. The third-order valence-corrected chi connectivity index (χ3v) is 4.41. The minimum atomic E-state index is -0.495. The van der Waals surface area contributed by atoms with Crippen LogP contribution in [0.4, 0.5) is 10.2 Å². The molecule has 128 valence electrons. The zero-order valence-electron chi connectivity index (χ0n) is 13.4. The Balaban J connectivity index is 1.92. The zero-order valence-corrected chi connectivity index (χ0v) is 14.2. The van der Waals surface area contributed by atoms with E-state index < -0.39 is 5.82 Å². The number of Topliss-reactive ketones (excluding diaryl/α,β-unsaturated/α-hetero) is 1. The van der Waals surface area contributed by atoms with Gasteiger partial charge in [0, 0.05) is 36.3 Å². The Bertz CT molecular complexity index is 978. The number of ketones is 1. The summed E-state index contributed by atoms with van der Waals surface area (Å²) in [5.41, 5.74) is 0.820. The zero-order chi connectivity index (χ0) is 17.6. The van der Waals surface area contributed by atoms with Crippen molar-refractivity contribution in [3.63, 3.8) is 0 Å². The van der Waals surface area contributed by atoms with Crippen LogP contribution in [-0.2, 0) is 4.79 Å². The number of carbonyl (C=O) groups excluding carboxylic acids is 1. The van der Waals surface area contributed by atoms with E-state index in [1.807, 2.05) is 4.90 Å². The molecule has 1 aliphatic rings. The summed E-state index contributed by atoms with van der Waals surface area (Å²) in [6, 6.07) is 4.62. The van der Waals surface area contributed by atoms with Gasteiger partial charge in [-0.2, -0.15) is 4.98 Å². The molecule has 1 aliphatic heterocycles. The van der Waals surface area contributed by atoms with Gasteiger partial charge in [0.2, 0.25) is 0 Å². The third-order valence-electron chi connectivity index (χ3n) is 4.19. The number of fused-ring (bicyclic) bond motifs is 1. The number of nitrogens with zero attached hydrogens (tertiary/aromatic N) is 4. The number of anilines is 1. The summed E-state index contributed by atoms with van der Waals surface area (Å²) >= 11 is 5.96. The highest BCUT2D eigenvalue weighted by Crippen LogP contribution is 2.34. The number of aromatic nitrogens is 3. The van der Waals surface area contributed by atoms with Crippen LogP contribution >= 0.6 is 11.6 Å². The average Bonchev–Trinajstić information content (AvgIpc) is 3.01. The number of halogens is 2. The van der Waals surface area contributed by atoms with E-state index in [4.69, 9.17) is 16.1 Å². The van der Waals surface area contributed by atoms with Crippen LogP contribution in [0.1, 0.15) is 18.7 Å². The first-order valence-corrected chi connectivity index (χ1v) is 8.26. The fourth-order valence-corrected chi connectivity index (χ4v) is 3.19. The molecule has 2 aromatic heterocycles. The molecular weight excluding hydrogens is 347 g/mol. The molecule has 0 amide bonds. The van der Waals surface area contributed by atoms with Gasteiger partial charge in [-0.25, -0.2) is 9.37 Å². The van der Waals surface area contributed by atoms with E-state index in [0.29, 0.717) is 54.4 Å². The number of hydrogen-bond donors (Lipinski definition) is 0. The average molecular weight is 361 g/mol. The molecule has 8 heteroatoms. The van der Waals surface area contributed by atoms with E-state index in [1.165, 1.54) is 6.07 Å². The Hall–Kier alpha value is -2.54. The lowest BCUT2D eigenvalue weighted by atomic mass is 10.1. The molecule has 25 heavy (non-hydrogen) atoms. The van der Waals surface area contributed by atoms with E-state index in [-0.39, 0.29) is 16.3 Å². The largest absolute Gasteiger partial charge is 0.355 e. The second-order valence-electron chi connectivity index (χ2n) is 5.99. The number of hydrogen-bond acceptors (Lipinski definition) is 6. The van der Waals surface area contributed by atoms with Gasteiger partial charge in [0.1, 0.15) is 17.1 Å². The lowest BCUT2D eigenvalue weighted by Crippen LogP contribution is -2.34. The van der Waals surface area contributed by atoms with Crippen LogP contribution in [0.25, 0.3) is 22.4 Å². The summed E-state index contributed by atoms with van der Waals surface area (Å²) in [4.78, 5) is 22.3. The molecule has 1 saturated heterocycles. The van der Waals surface area contributed by atoms with Crippen molar-refractivity contribution in [3.05, 3.63) is 34.9 Å². The quantitative estimate of drug-likeness (QED) is 0.695. The van der Waals surface area contributed by atoms with Crippen molar-refractivity contribution in [2.45, 2.75) is 19.8 Å². The van der Waals surface area contributed by atoms with Gasteiger partial charge in [-0.15, -0.1) is 0 Å². The molecule has 1 fully saturated rings. The third kappa shape index (κ3) is 2.95. The molecular formula is C17H14ClFN4O2. The molecule has 0 N–H and O–H groups in total. The first-order chi connectivity index (χ1) is 12.0. The summed E-state index contributed by atoms with van der Waals surface area (Å²) in [5, 5.41) is 4.66. The van der Waals surface area contributed by atoms with Crippen LogP contribution in [0.2, 0.25) is 5.02 Å². The SMILES string of the molecule is Cc1noc(-c2cc3cc(Cl)cc(F)c3nc2N2CCC(=O)CC2)n1. The maximum Gasteiger partial charge on any atom is 0.261 e. The molecule has 0 spiro atoms. The van der Waals surface area contributed by atoms with Crippen LogP contribution in [0.5, 0.6) is 0 Å². The van der Waals surface area contributed by atoms with Gasteiger partial charge in [0.05, 0.1) is 5.56 Å². The van der Waals surface area contributed by atoms with Crippen LogP contribution in [0.15, 0.2) is 22.7 Å². The number of pyridine rings is 1. The fraction of sp³-hybridized carbons (Fsp3) is 0.294. The predicted octanol–water partition coefficient (Wildman–Crippen LogP) is 3.56. The first-order valence-electron chi connectivity index (χ1n) is 7.88. The van der Waals surface area contributed by atoms with E-state index in [9.17, 15) is 9.18 Å². The molecule has 0 aliphatic carbocycles. The van der Waals surface area contributed by atoms with Gasteiger partial charge in [-0.1, -0.05) is 16.8 Å². The lowest BCUT2D eigenvalue weighted by molar-refractivity contribution is -0.119. The summed E-state index contributed by atoms with van der Waals surface area (Å²) < 4.78 is 19.6. The van der Waals surface area contributed by atoms with Gasteiger partial charge >= 0.3 is 0 Å². The Labute approximate surface area is 147 Å². The predicted molar refractivity (Wildman–Crippen MR) is 91.2 cm³/mol. The maximum absolute atomic E-state index is 14.3. The monoisotopic (exact) mass is 360 g/mol. The molecule has 1 aromatic carbocycles. The summed E-state index contributed by atoms with van der Waals surface area (Å²) in [6.45, 7) is 2.76. The van der Waals surface area contributed by atoms with Crippen molar-refractivity contribution in [3.8, 4) is 11.5 Å². The van der Waals surface area contributed by atoms with E-state index in [0.717, 1.165) is 0 Å². The van der Waals surface area contributed by atoms with Gasteiger partial charge in [0.15, 0.2) is 11.6 Å². The summed E-state index contributed by atoms with van der Waals surface area (Å²) in [6.07, 6.45) is 0.871. The van der Waals surface area contributed by atoms with Gasteiger partial charge < -0.3 is 9.42 Å². The molecule has 4 rings (SSSR count). The van der Waals surface area contributed by atoms with Crippen molar-refractivity contribution >= 4 is 34.1 Å². The lowest BCUT2D eigenvalue weighted by Gasteiger charge is -2.28. The minimum absolute atomic E-state index is 0.213. The van der Waals surface area contributed by atoms with E-state index >= 15 is 0 Å². The molecule has 0 saturated carbocycles. The number of carbonyl (C=O) groups is 1. The molecule has 0 atom stereocenters.